The van der Waals surface area contributed by atoms with E-state index in [1.165, 1.54) is 0 Å². The molecule has 0 radical (unpaired) electrons. The lowest BCUT2D eigenvalue weighted by atomic mass is 9.92. The van der Waals surface area contributed by atoms with Crippen molar-refractivity contribution in [2.24, 2.45) is 0 Å². The molecule has 3 aliphatic rings. The first-order valence-electron chi connectivity index (χ1n) is 10.2. The smallest absolute Gasteiger partial charge is 0.255 e. The second-order valence-electron chi connectivity index (χ2n) is 8.23. The van der Waals surface area contributed by atoms with Crippen LogP contribution in [0.15, 0.2) is 36.7 Å². The highest BCUT2D eigenvalue weighted by Crippen LogP contribution is 2.30. The number of carbonyl (C=O) groups is 3. The lowest BCUT2D eigenvalue weighted by molar-refractivity contribution is -0.136. The third-order valence-corrected chi connectivity index (χ3v) is 6.35. The van der Waals surface area contributed by atoms with Gasteiger partial charge in [0, 0.05) is 57.1 Å². The zero-order valence-corrected chi connectivity index (χ0v) is 16.6. The van der Waals surface area contributed by atoms with Crippen LogP contribution in [0.25, 0.3) is 0 Å². The summed E-state index contributed by atoms with van der Waals surface area (Å²) < 4.78 is 2.00. The van der Waals surface area contributed by atoms with Crippen LogP contribution in [-0.4, -0.2) is 58.1 Å². The van der Waals surface area contributed by atoms with Crippen LogP contribution in [0.3, 0.4) is 0 Å². The minimum Gasteiger partial charge on any atom is -0.322 e. The molecule has 0 spiro atoms. The molecule has 3 N–H and O–H groups in total. The molecule has 1 unspecified atom stereocenters. The van der Waals surface area contributed by atoms with E-state index in [1.807, 2.05) is 35.1 Å². The maximum absolute atomic E-state index is 12.9. The second kappa shape index (κ2) is 7.33. The van der Waals surface area contributed by atoms with E-state index >= 15 is 0 Å². The highest BCUT2D eigenvalue weighted by Gasteiger charge is 2.41. The SMILES string of the molecule is O=C1CCC(N2Cc3c(CNCC4(n5cccn5)CNC4)cccc3C2=O)C(=O)N1. The highest BCUT2D eigenvalue weighted by molar-refractivity contribution is 6.05. The van der Waals surface area contributed by atoms with E-state index in [4.69, 9.17) is 0 Å². The average Bonchev–Trinajstić information content (AvgIpc) is 3.34. The van der Waals surface area contributed by atoms with E-state index in [9.17, 15) is 14.4 Å². The van der Waals surface area contributed by atoms with Crippen LogP contribution in [-0.2, 0) is 28.2 Å². The molecule has 5 rings (SSSR count). The van der Waals surface area contributed by atoms with Crippen molar-refractivity contribution in [3.63, 3.8) is 0 Å². The fraction of sp³-hybridized carbons (Fsp3) is 0.429. The van der Waals surface area contributed by atoms with Crippen molar-refractivity contribution in [1.29, 1.82) is 0 Å². The molecule has 1 aromatic heterocycles. The number of carbonyl (C=O) groups excluding carboxylic acids is 3. The fourth-order valence-electron chi connectivity index (χ4n) is 4.58. The summed E-state index contributed by atoms with van der Waals surface area (Å²) in [7, 11) is 0. The van der Waals surface area contributed by atoms with E-state index in [1.54, 1.807) is 11.1 Å². The van der Waals surface area contributed by atoms with Gasteiger partial charge in [0.2, 0.25) is 11.8 Å². The predicted octanol–water partition coefficient (Wildman–Crippen LogP) is -0.268. The number of fused-ring (bicyclic) bond motifs is 1. The number of benzene rings is 1. The Bertz CT molecular complexity index is 998. The number of imide groups is 1. The summed E-state index contributed by atoms with van der Waals surface area (Å²) in [5.41, 5.74) is 2.58. The number of hydrogen-bond acceptors (Lipinski definition) is 6. The van der Waals surface area contributed by atoms with Crippen molar-refractivity contribution in [3.8, 4) is 0 Å². The van der Waals surface area contributed by atoms with E-state index < -0.39 is 6.04 Å². The highest BCUT2D eigenvalue weighted by atomic mass is 16.2. The molecular formula is C21H24N6O3. The van der Waals surface area contributed by atoms with Crippen molar-refractivity contribution in [2.45, 2.75) is 37.5 Å². The standard InChI is InChI=1S/C21H24N6O3/c28-18-6-5-17(19(29)25-18)26-10-16-14(3-1-4-15(16)20(26)30)9-22-11-21(12-23-13-21)27-8-2-7-24-27/h1-4,7-8,17,22-23H,5-6,9-13H2,(H,25,28,29). The molecule has 1 aromatic carbocycles. The molecule has 2 fully saturated rings. The summed E-state index contributed by atoms with van der Waals surface area (Å²) in [6.07, 6.45) is 4.41. The first kappa shape index (κ1) is 19.0. The number of piperidine rings is 1. The molecule has 156 valence electrons. The number of nitrogens with one attached hydrogen (secondary N) is 3. The van der Waals surface area contributed by atoms with Gasteiger partial charge in [-0.15, -0.1) is 0 Å². The third-order valence-electron chi connectivity index (χ3n) is 6.35. The van der Waals surface area contributed by atoms with Gasteiger partial charge in [-0.25, -0.2) is 0 Å². The van der Waals surface area contributed by atoms with Crippen molar-refractivity contribution in [1.82, 2.24) is 30.6 Å². The van der Waals surface area contributed by atoms with E-state index in [2.05, 4.69) is 21.0 Å². The molecule has 3 aliphatic heterocycles. The number of amides is 3. The van der Waals surface area contributed by atoms with Crippen LogP contribution in [0.5, 0.6) is 0 Å². The summed E-state index contributed by atoms with van der Waals surface area (Å²) >= 11 is 0. The minimum absolute atomic E-state index is 0.0734. The van der Waals surface area contributed by atoms with Crippen molar-refractivity contribution >= 4 is 17.7 Å². The topological polar surface area (TPSA) is 108 Å². The Balaban J connectivity index is 1.29. The molecule has 2 aromatic rings. The molecule has 9 heteroatoms. The Morgan fingerprint density at radius 3 is 2.77 bits per heavy atom. The maximum atomic E-state index is 12.9. The molecule has 1 atom stereocenters. The normalized spacial score (nSPS) is 22.6. The molecule has 9 nitrogen and oxygen atoms in total. The Kier molecular flexibility index (Phi) is 4.63. The predicted molar refractivity (Wildman–Crippen MR) is 107 cm³/mol. The van der Waals surface area contributed by atoms with Crippen LogP contribution in [0, 0.1) is 0 Å². The van der Waals surface area contributed by atoms with Gasteiger partial charge in [-0.1, -0.05) is 12.1 Å². The number of aromatic nitrogens is 2. The van der Waals surface area contributed by atoms with E-state index in [-0.39, 0.29) is 29.7 Å². The summed E-state index contributed by atoms with van der Waals surface area (Å²) in [6, 6.07) is 7.06. The van der Waals surface area contributed by atoms with Crippen molar-refractivity contribution in [3.05, 3.63) is 53.3 Å². The van der Waals surface area contributed by atoms with Crippen LogP contribution < -0.4 is 16.0 Å². The number of hydrogen-bond donors (Lipinski definition) is 3. The lowest BCUT2D eigenvalue weighted by Gasteiger charge is -2.43. The van der Waals surface area contributed by atoms with Gasteiger partial charge >= 0.3 is 0 Å². The quantitative estimate of drug-likeness (QED) is 0.568. The molecular weight excluding hydrogens is 384 g/mol. The molecule has 4 heterocycles. The number of rotatable bonds is 6. The Hall–Kier alpha value is -3.04. The summed E-state index contributed by atoms with van der Waals surface area (Å²) in [6.45, 7) is 3.50. The first-order chi connectivity index (χ1) is 14.6. The largest absolute Gasteiger partial charge is 0.322 e. The van der Waals surface area contributed by atoms with Gasteiger partial charge in [0.25, 0.3) is 5.91 Å². The van der Waals surface area contributed by atoms with E-state index in [0.29, 0.717) is 25.1 Å². The minimum atomic E-state index is -0.590. The fourth-order valence-corrected chi connectivity index (χ4v) is 4.58. The monoisotopic (exact) mass is 408 g/mol. The maximum Gasteiger partial charge on any atom is 0.255 e. The number of nitrogens with zero attached hydrogens (tertiary/aromatic N) is 3. The van der Waals surface area contributed by atoms with Gasteiger partial charge in [-0.3, -0.25) is 24.4 Å². The van der Waals surface area contributed by atoms with Gasteiger partial charge in [0.1, 0.15) is 6.04 Å². The van der Waals surface area contributed by atoms with Crippen LogP contribution in [0.1, 0.15) is 34.3 Å². The zero-order chi connectivity index (χ0) is 20.7. The molecule has 3 amide bonds. The zero-order valence-electron chi connectivity index (χ0n) is 16.6. The summed E-state index contributed by atoms with van der Waals surface area (Å²) in [5.74, 6) is -0.801. The second-order valence-corrected chi connectivity index (χ2v) is 8.23. The van der Waals surface area contributed by atoms with Crippen LogP contribution >= 0.6 is 0 Å². The van der Waals surface area contributed by atoms with Gasteiger partial charge in [-0.2, -0.15) is 5.10 Å². The third kappa shape index (κ3) is 3.10. The van der Waals surface area contributed by atoms with E-state index in [0.717, 1.165) is 30.8 Å². The Morgan fingerprint density at radius 2 is 2.07 bits per heavy atom. The molecule has 30 heavy (non-hydrogen) atoms. The van der Waals surface area contributed by atoms with Crippen molar-refractivity contribution in [2.75, 3.05) is 19.6 Å². The molecule has 0 aliphatic carbocycles. The molecule has 0 bridgehead atoms. The van der Waals surface area contributed by atoms with Gasteiger partial charge < -0.3 is 15.5 Å². The summed E-state index contributed by atoms with van der Waals surface area (Å²) in [4.78, 5) is 38.2. The van der Waals surface area contributed by atoms with Gasteiger partial charge in [-0.05, 0) is 29.7 Å². The summed E-state index contributed by atoms with van der Waals surface area (Å²) in [5, 5.41) is 13.6. The van der Waals surface area contributed by atoms with Crippen LogP contribution in [0.2, 0.25) is 0 Å². The molecule has 2 saturated heterocycles. The van der Waals surface area contributed by atoms with Gasteiger partial charge in [0.05, 0.1) is 5.54 Å². The molecule has 0 saturated carbocycles. The Morgan fingerprint density at radius 1 is 1.20 bits per heavy atom. The average molecular weight is 408 g/mol. The lowest BCUT2D eigenvalue weighted by Crippen LogP contribution is -2.65. The van der Waals surface area contributed by atoms with Crippen molar-refractivity contribution < 1.29 is 14.4 Å². The Labute approximate surface area is 173 Å². The van der Waals surface area contributed by atoms with Crippen LogP contribution in [0.4, 0.5) is 0 Å². The van der Waals surface area contributed by atoms with Gasteiger partial charge in [0.15, 0.2) is 0 Å². The first-order valence-corrected chi connectivity index (χ1v) is 10.2.